The van der Waals surface area contributed by atoms with E-state index in [1.165, 1.54) is 6.26 Å². The van der Waals surface area contributed by atoms with E-state index in [0.29, 0.717) is 16.8 Å². The van der Waals surface area contributed by atoms with Gasteiger partial charge in [0.2, 0.25) is 0 Å². The number of carbonyl (C=O) groups excluding carboxylic acids is 1. The number of amides is 1. The number of carbonyl (C=O) groups is 1. The van der Waals surface area contributed by atoms with Gasteiger partial charge in [-0.2, -0.15) is 0 Å². The van der Waals surface area contributed by atoms with Crippen LogP contribution in [0.5, 0.6) is 0 Å². The average molecular weight is 337 g/mol. The van der Waals surface area contributed by atoms with E-state index in [1.54, 1.807) is 18.0 Å². The Kier molecular flexibility index (Phi) is 4.49. The van der Waals surface area contributed by atoms with E-state index in [4.69, 9.17) is 4.42 Å². The molecule has 0 fully saturated rings. The molecule has 1 aromatic heterocycles. The van der Waals surface area contributed by atoms with Crippen LogP contribution in [0.25, 0.3) is 0 Å². The molecule has 4 nitrogen and oxygen atoms in total. The molecule has 0 spiro atoms. The number of halogens is 1. The highest BCUT2D eigenvalue weighted by molar-refractivity contribution is 9.10. The largest absolute Gasteiger partial charge is 0.457 e. The van der Waals surface area contributed by atoms with Crippen LogP contribution in [0, 0.1) is 0 Å². The van der Waals surface area contributed by atoms with Crippen LogP contribution in [0.3, 0.4) is 0 Å². The molecule has 0 bridgehead atoms. The van der Waals surface area contributed by atoms with Gasteiger partial charge in [0, 0.05) is 33.4 Å². The Balaban J connectivity index is 2.06. The molecule has 0 aliphatic heterocycles. The first-order valence-electron chi connectivity index (χ1n) is 6.23. The fourth-order valence-electron chi connectivity index (χ4n) is 1.90. The predicted molar refractivity (Wildman–Crippen MR) is 83.0 cm³/mol. The third-order valence-electron chi connectivity index (χ3n) is 3.07. The first kappa shape index (κ1) is 14.7. The maximum atomic E-state index is 12.2. The third kappa shape index (κ3) is 3.22. The van der Waals surface area contributed by atoms with Crippen molar-refractivity contribution in [1.29, 1.82) is 0 Å². The van der Waals surface area contributed by atoms with Gasteiger partial charge in [0.05, 0.1) is 11.8 Å². The summed E-state index contributed by atoms with van der Waals surface area (Å²) in [6.07, 6.45) is 1.50. The molecule has 0 aliphatic carbocycles. The molecule has 1 heterocycles. The van der Waals surface area contributed by atoms with Gasteiger partial charge in [-0.25, -0.2) is 0 Å². The minimum atomic E-state index is -0.0673. The molecular formula is C15H17BrN2O2. The van der Waals surface area contributed by atoms with Crippen LogP contribution in [0.15, 0.2) is 45.7 Å². The van der Waals surface area contributed by atoms with Crippen molar-refractivity contribution in [2.45, 2.75) is 6.54 Å². The fraction of sp³-hybridized carbons (Fsp3) is 0.267. The van der Waals surface area contributed by atoms with Crippen molar-refractivity contribution >= 4 is 27.5 Å². The summed E-state index contributed by atoms with van der Waals surface area (Å²) in [6, 6.07) is 9.81. The number of nitrogens with zero attached hydrogens (tertiary/aromatic N) is 2. The van der Waals surface area contributed by atoms with E-state index in [1.807, 2.05) is 43.3 Å². The number of hydrogen-bond donors (Lipinski definition) is 0. The molecule has 0 unspecified atom stereocenters. The normalized spacial score (nSPS) is 10.4. The Hall–Kier alpha value is -1.75. The van der Waals surface area contributed by atoms with Crippen molar-refractivity contribution in [2.24, 2.45) is 0 Å². The highest BCUT2D eigenvalue weighted by Crippen LogP contribution is 2.20. The lowest BCUT2D eigenvalue weighted by Crippen LogP contribution is -2.26. The second-order valence-electron chi connectivity index (χ2n) is 4.83. The highest BCUT2D eigenvalue weighted by atomic mass is 79.9. The van der Waals surface area contributed by atoms with Gasteiger partial charge in [0.15, 0.2) is 4.67 Å². The Bertz CT molecular complexity index is 590. The van der Waals surface area contributed by atoms with Crippen LogP contribution in [0.1, 0.15) is 15.9 Å². The number of furan rings is 1. The van der Waals surface area contributed by atoms with Crippen molar-refractivity contribution in [2.75, 3.05) is 26.0 Å². The van der Waals surface area contributed by atoms with Crippen LogP contribution in [-0.2, 0) is 6.54 Å². The number of benzene rings is 1. The number of hydrogen-bond acceptors (Lipinski definition) is 3. The Labute approximate surface area is 127 Å². The summed E-state index contributed by atoms with van der Waals surface area (Å²) in [4.78, 5) is 15.9. The molecule has 0 atom stereocenters. The lowest BCUT2D eigenvalue weighted by molar-refractivity contribution is 0.0783. The molecule has 5 heteroatoms. The number of anilines is 1. The predicted octanol–water partition coefficient (Wildman–Crippen LogP) is 3.38. The van der Waals surface area contributed by atoms with E-state index in [-0.39, 0.29) is 5.91 Å². The van der Waals surface area contributed by atoms with Crippen LogP contribution in [-0.4, -0.2) is 32.0 Å². The number of rotatable bonds is 4. The van der Waals surface area contributed by atoms with Crippen LogP contribution in [0.4, 0.5) is 5.69 Å². The van der Waals surface area contributed by atoms with Crippen LogP contribution in [0.2, 0.25) is 0 Å². The zero-order valence-electron chi connectivity index (χ0n) is 11.8. The van der Waals surface area contributed by atoms with Gasteiger partial charge in [-0.3, -0.25) is 4.79 Å². The van der Waals surface area contributed by atoms with Crippen molar-refractivity contribution in [1.82, 2.24) is 4.90 Å². The lowest BCUT2D eigenvalue weighted by Gasteiger charge is -2.18. The molecule has 0 aliphatic rings. The summed E-state index contributed by atoms with van der Waals surface area (Å²) in [5.74, 6) is -0.0673. The highest BCUT2D eigenvalue weighted by Gasteiger charge is 2.17. The van der Waals surface area contributed by atoms with Gasteiger partial charge >= 0.3 is 0 Å². The molecular weight excluding hydrogens is 320 g/mol. The molecule has 0 saturated carbocycles. The minimum absolute atomic E-state index is 0.0673. The smallest absolute Gasteiger partial charge is 0.258 e. The molecule has 1 amide bonds. The molecule has 0 radical (unpaired) electrons. The minimum Gasteiger partial charge on any atom is -0.457 e. The summed E-state index contributed by atoms with van der Waals surface area (Å²) in [6.45, 7) is 0.560. The van der Waals surface area contributed by atoms with Gasteiger partial charge in [0.25, 0.3) is 5.91 Å². The lowest BCUT2D eigenvalue weighted by atomic mass is 10.2. The molecule has 2 rings (SSSR count). The van der Waals surface area contributed by atoms with E-state index in [0.717, 1.165) is 11.3 Å². The Morgan fingerprint density at radius 1 is 1.15 bits per heavy atom. The first-order chi connectivity index (χ1) is 9.49. The van der Waals surface area contributed by atoms with Gasteiger partial charge < -0.3 is 14.2 Å². The molecule has 0 saturated heterocycles. The van der Waals surface area contributed by atoms with Crippen molar-refractivity contribution in [3.63, 3.8) is 0 Å². The van der Waals surface area contributed by atoms with Crippen LogP contribution >= 0.6 is 15.9 Å². The standard InChI is InChI=1S/C15H17BrN2O2/c1-17(2)12-6-4-11(5-7-12)10-18(3)15(19)13-8-9-20-14(13)16/h4-9H,10H2,1-3H3. The average Bonchev–Trinajstić information content (AvgIpc) is 2.84. The third-order valence-corrected chi connectivity index (χ3v) is 3.68. The summed E-state index contributed by atoms with van der Waals surface area (Å²) in [5, 5.41) is 0. The fourth-order valence-corrected chi connectivity index (χ4v) is 2.31. The zero-order valence-corrected chi connectivity index (χ0v) is 13.3. The first-order valence-corrected chi connectivity index (χ1v) is 7.03. The summed E-state index contributed by atoms with van der Waals surface area (Å²) < 4.78 is 5.56. The van der Waals surface area contributed by atoms with Crippen molar-refractivity contribution < 1.29 is 9.21 Å². The van der Waals surface area contributed by atoms with Crippen molar-refractivity contribution in [3.05, 3.63) is 52.4 Å². The van der Waals surface area contributed by atoms with E-state index in [2.05, 4.69) is 15.9 Å². The maximum absolute atomic E-state index is 12.2. The molecule has 0 N–H and O–H groups in total. The summed E-state index contributed by atoms with van der Waals surface area (Å²) in [7, 11) is 5.78. The maximum Gasteiger partial charge on any atom is 0.258 e. The van der Waals surface area contributed by atoms with Gasteiger partial charge in [-0.05, 0) is 39.7 Å². The zero-order chi connectivity index (χ0) is 14.7. The van der Waals surface area contributed by atoms with E-state index in [9.17, 15) is 4.79 Å². The van der Waals surface area contributed by atoms with Gasteiger partial charge in [-0.15, -0.1) is 0 Å². The monoisotopic (exact) mass is 336 g/mol. The molecule has 106 valence electrons. The molecule has 2 aromatic rings. The quantitative estimate of drug-likeness (QED) is 0.858. The van der Waals surface area contributed by atoms with Gasteiger partial charge in [-0.1, -0.05) is 12.1 Å². The Morgan fingerprint density at radius 2 is 1.80 bits per heavy atom. The van der Waals surface area contributed by atoms with E-state index < -0.39 is 0 Å². The Morgan fingerprint density at radius 3 is 2.30 bits per heavy atom. The SMILES string of the molecule is CN(Cc1ccc(N(C)C)cc1)C(=O)c1ccoc1Br. The molecule has 1 aromatic carbocycles. The van der Waals surface area contributed by atoms with E-state index >= 15 is 0 Å². The molecule has 20 heavy (non-hydrogen) atoms. The second-order valence-corrected chi connectivity index (χ2v) is 5.55. The summed E-state index contributed by atoms with van der Waals surface area (Å²) in [5.41, 5.74) is 2.77. The summed E-state index contributed by atoms with van der Waals surface area (Å²) >= 11 is 3.23. The topological polar surface area (TPSA) is 36.7 Å². The van der Waals surface area contributed by atoms with Crippen molar-refractivity contribution in [3.8, 4) is 0 Å². The van der Waals surface area contributed by atoms with Gasteiger partial charge in [0.1, 0.15) is 0 Å². The van der Waals surface area contributed by atoms with Crippen LogP contribution < -0.4 is 4.90 Å². The second kappa shape index (κ2) is 6.13.